The first-order chi connectivity index (χ1) is 9.36. The van der Waals surface area contributed by atoms with E-state index >= 15 is 0 Å². The minimum absolute atomic E-state index is 0.232. The normalized spacial score (nSPS) is 10.3. The van der Waals surface area contributed by atoms with Gasteiger partial charge in [0.25, 0.3) is 5.91 Å². The third-order valence-electron chi connectivity index (χ3n) is 2.50. The van der Waals surface area contributed by atoms with Gasteiger partial charge in [-0.2, -0.15) is 5.10 Å². The molecule has 7 heteroatoms. The van der Waals surface area contributed by atoms with Gasteiger partial charge in [0.15, 0.2) is 0 Å². The maximum Gasteiger partial charge on any atom is 0.288 e. The van der Waals surface area contributed by atoms with Gasteiger partial charge in [0.2, 0.25) is 5.82 Å². The summed E-state index contributed by atoms with van der Waals surface area (Å²) in [4.78, 5) is 19.3. The fourth-order valence-corrected chi connectivity index (χ4v) is 1.55. The molecule has 2 heterocycles. The second-order valence-electron chi connectivity index (χ2n) is 3.98. The van der Waals surface area contributed by atoms with Gasteiger partial charge in [0, 0.05) is 25.5 Å². The van der Waals surface area contributed by atoms with Crippen LogP contribution in [-0.4, -0.2) is 39.2 Å². The molecule has 0 unspecified atom stereocenters. The van der Waals surface area contributed by atoms with Crippen molar-refractivity contribution in [3.63, 3.8) is 0 Å². The SMILES string of the molecule is O=C(NCCCNCc1cccnc1)c1ncn[nH]1. The van der Waals surface area contributed by atoms with E-state index in [9.17, 15) is 4.79 Å². The molecule has 0 bridgehead atoms. The molecule has 0 aromatic carbocycles. The number of rotatable bonds is 7. The van der Waals surface area contributed by atoms with E-state index in [0.717, 1.165) is 25.1 Å². The highest BCUT2D eigenvalue weighted by Crippen LogP contribution is 1.94. The number of aromatic amines is 1. The summed E-state index contributed by atoms with van der Waals surface area (Å²) in [5.41, 5.74) is 1.15. The van der Waals surface area contributed by atoms with Gasteiger partial charge in [-0.3, -0.25) is 14.9 Å². The molecule has 2 rings (SSSR count). The van der Waals surface area contributed by atoms with Gasteiger partial charge in [-0.15, -0.1) is 0 Å². The molecule has 100 valence electrons. The Kier molecular flexibility index (Phi) is 5.00. The van der Waals surface area contributed by atoms with Gasteiger partial charge in [-0.05, 0) is 24.6 Å². The number of hydrogen-bond acceptors (Lipinski definition) is 5. The van der Waals surface area contributed by atoms with Crippen LogP contribution in [0.15, 0.2) is 30.9 Å². The molecule has 2 aromatic heterocycles. The van der Waals surface area contributed by atoms with E-state index in [2.05, 4.69) is 30.8 Å². The molecule has 0 saturated carbocycles. The topological polar surface area (TPSA) is 95.6 Å². The van der Waals surface area contributed by atoms with Crippen LogP contribution in [0.1, 0.15) is 22.6 Å². The molecule has 0 aliphatic rings. The molecular formula is C12H16N6O. The largest absolute Gasteiger partial charge is 0.349 e. The Balaban J connectivity index is 1.54. The van der Waals surface area contributed by atoms with E-state index in [1.54, 1.807) is 6.20 Å². The highest BCUT2D eigenvalue weighted by atomic mass is 16.2. The molecule has 0 fully saturated rings. The number of nitrogens with one attached hydrogen (secondary N) is 3. The number of carbonyl (C=O) groups excluding carboxylic acids is 1. The van der Waals surface area contributed by atoms with Crippen LogP contribution in [0, 0.1) is 0 Å². The molecule has 0 radical (unpaired) electrons. The molecule has 0 aliphatic carbocycles. The number of nitrogens with zero attached hydrogens (tertiary/aromatic N) is 3. The third kappa shape index (κ3) is 4.47. The Hall–Kier alpha value is -2.28. The fraction of sp³-hybridized carbons (Fsp3) is 0.333. The molecule has 0 atom stereocenters. The first kappa shape index (κ1) is 13.2. The van der Waals surface area contributed by atoms with Crippen molar-refractivity contribution in [1.29, 1.82) is 0 Å². The van der Waals surface area contributed by atoms with E-state index in [1.807, 2.05) is 18.3 Å². The summed E-state index contributed by atoms with van der Waals surface area (Å²) >= 11 is 0. The molecule has 19 heavy (non-hydrogen) atoms. The van der Waals surface area contributed by atoms with Crippen LogP contribution >= 0.6 is 0 Å². The van der Waals surface area contributed by atoms with Crippen molar-refractivity contribution < 1.29 is 4.79 Å². The quantitative estimate of drug-likeness (QED) is 0.614. The lowest BCUT2D eigenvalue weighted by molar-refractivity contribution is 0.0943. The number of aromatic nitrogens is 4. The standard InChI is InChI=1S/C12H16N6O/c19-12(11-16-9-17-18-11)15-6-2-5-14-8-10-3-1-4-13-7-10/h1,3-4,7,9,14H,2,5-6,8H2,(H,15,19)(H,16,17,18). The van der Waals surface area contributed by atoms with Gasteiger partial charge in [-0.1, -0.05) is 6.07 Å². The van der Waals surface area contributed by atoms with Crippen LogP contribution in [-0.2, 0) is 6.54 Å². The maximum atomic E-state index is 11.5. The molecule has 1 amide bonds. The van der Waals surface area contributed by atoms with Crippen molar-refractivity contribution in [2.24, 2.45) is 0 Å². The van der Waals surface area contributed by atoms with Crippen LogP contribution in [0.25, 0.3) is 0 Å². The Morgan fingerprint density at radius 1 is 1.37 bits per heavy atom. The average Bonchev–Trinajstić information content (AvgIpc) is 2.98. The number of carbonyl (C=O) groups is 1. The Morgan fingerprint density at radius 3 is 3.05 bits per heavy atom. The summed E-state index contributed by atoms with van der Waals surface area (Å²) in [6, 6.07) is 3.93. The van der Waals surface area contributed by atoms with E-state index in [0.29, 0.717) is 6.54 Å². The zero-order chi connectivity index (χ0) is 13.3. The van der Waals surface area contributed by atoms with Gasteiger partial charge in [-0.25, -0.2) is 4.98 Å². The van der Waals surface area contributed by atoms with Crippen molar-refractivity contribution >= 4 is 5.91 Å². The summed E-state index contributed by atoms with van der Waals surface area (Å²) in [6.45, 7) is 2.20. The predicted molar refractivity (Wildman–Crippen MR) is 69.3 cm³/mol. The predicted octanol–water partition coefficient (Wildman–Crippen LogP) is 0.109. The lowest BCUT2D eigenvalue weighted by atomic mass is 10.3. The lowest BCUT2D eigenvalue weighted by Crippen LogP contribution is -2.28. The summed E-state index contributed by atoms with van der Waals surface area (Å²) in [6.07, 6.45) is 5.74. The van der Waals surface area contributed by atoms with E-state index in [1.165, 1.54) is 6.33 Å². The second kappa shape index (κ2) is 7.22. The molecule has 0 saturated heterocycles. The Labute approximate surface area is 110 Å². The first-order valence-corrected chi connectivity index (χ1v) is 6.09. The molecule has 7 nitrogen and oxygen atoms in total. The van der Waals surface area contributed by atoms with E-state index in [4.69, 9.17) is 0 Å². The summed E-state index contributed by atoms with van der Waals surface area (Å²) in [5, 5.41) is 12.2. The maximum absolute atomic E-state index is 11.5. The second-order valence-corrected chi connectivity index (χ2v) is 3.98. The van der Waals surface area contributed by atoms with Gasteiger partial charge >= 0.3 is 0 Å². The number of amides is 1. The summed E-state index contributed by atoms with van der Waals surface area (Å²) < 4.78 is 0. The zero-order valence-electron chi connectivity index (χ0n) is 10.5. The fourth-order valence-electron chi connectivity index (χ4n) is 1.55. The average molecular weight is 260 g/mol. The van der Waals surface area contributed by atoms with Crippen LogP contribution in [0.2, 0.25) is 0 Å². The van der Waals surface area contributed by atoms with Crippen molar-refractivity contribution in [1.82, 2.24) is 30.8 Å². The zero-order valence-corrected chi connectivity index (χ0v) is 10.5. The Bertz CT molecular complexity index is 484. The van der Waals surface area contributed by atoms with Gasteiger partial charge in [0.05, 0.1) is 0 Å². The minimum atomic E-state index is -0.232. The number of pyridine rings is 1. The highest BCUT2D eigenvalue weighted by Gasteiger charge is 2.06. The lowest BCUT2D eigenvalue weighted by Gasteiger charge is -2.05. The van der Waals surface area contributed by atoms with Gasteiger partial charge < -0.3 is 10.6 Å². The molecule has 0 spiro atoms. The molecular weight excluding hydrogens is 244 g/mol. The van der Waals surface area contributed by atoms with Crippen LogP contribution in [0.4, 0.5) is 0 Å². The highest BCUT2D eigenvalue weighted by molar-refractivity contribution is 5.90. The molecule has 0 aliphatic heterocycles. The third-order valence-corrected chi connectivity index (χ3v) is 2.50. The van der Waals surface area contributed by atoms with Crippen molar-refractivity contribution in [3.8, 4) is 0 Å². The van der Waals surface area contributed by atoms with Crippen LogP contribution in [0.5, 0.6) is 0 Å². The monoisotopic (exact) mass is 260 g/mol. The number of hydrogen-bond donors (Lipinski definition) is 3. The smallest absolute Gasteiger partial charge is 0.288 e. The van der Waals surface area contributed by atoms with Crippen LogP contribution in [0.3, 0.4) is 0 Å². The minimum Gasteiger partial charge on any atom is -0.349 e. The molecule has 2 aromatic rings. The molecule has 3 N–H and O–H groups in total. The van der Waals surface area contributed by atoms with Crippen molar-refractivity contribution in [2.75, 3.05) is 13.1 Å². The van der Waals surface area contributed by atoms with Crippen molar-refractivity contribution in [3.05, 3.63) is 42.2 Å². The van der Waals surface area contributed by atoms with E-state index < -0.39 is 0 Å². The van der Waals surface area contributed by atoms with Crippen LogP contribution < -0.4 is 10.6 Å². The first-order valence-electron chi connectivity index (χ1n) is 6.09. The van der Waals surface area contributed by atoms with Gasteiger partial charge in [0.1, 0.15) is 6.33 Å². The summed E-state index contributed by atoms with van der Waals surface area (Å²) in [5.74, 6) is 0.00748. The number of H-pyrrole nitrogens is 1. The Morgan fingerprint density at radius 2 is 2.32 bits per heavy atom. The van der Waals surface area contributed by atoms with E-state index in [-0.39, 0.29) is 11.7 Å². The van der Waals surface area contributed by atoms with Crippen molar-refractivity contribution in [2.45, 2.75) is 13.0 Å². The summed E-state index contributed by atoms with van der Waals surface area (Å²) in [7, 11) is 0.